The van der Waals surface area contributed by atoms with Crippen molar-refractivity contribution in [1.82, 2.24) is 0 Å². The molecule has 0 aromatic heterocycles. The minimum Gasteiger partial charge on any atom is -0.158 e. The van der Waals surface area contributed by atoms with Crippen molar-refractivity contribution in [2.45, 2.75) is 148 Å². The summed E-state index contributed by atoms with van der Waals surface area (Å²) < 4.78 is 0. The lowest BCUT2D eigenvalue weighted by Crippen LogP contribution is -1.85. The van der Waals surface area contributed by atoms with Crippen LogP contribution in [0.2, 0.25) is 0 Å². The second-order valence-electron chi connectivity index (χ2n) is 8.79. The quantitative estimate of drug-likeness (QED) is 0.106. The average Bonchev–Trinajstić information content (AvgIpc) is 2.71. The Balaban J connectivity index is 2.97. The van der Waals surface area contributed by atoms with E-state index < -0.39 is 0 Å². The van der Waals surface area contributed by atoms with Crippen molar-refractivity contribution in [2.75, 3.05) is 11.5 Å². The van der Waals surface area contributed by atoms with Crippen molar-refractivity contribution in [3.05, 3.63) is 12.7 Å². The molecule has 168 valence electrons. The van der Waals surface area contributed by atoms with E-state index in [1.54, 1.807) is 0 Å². The Morgan fingerprint density at radius 3 is 1.04 bits per heavy atom. The second-order valence-corrected chi connectivity index (χ2v) is 9.94. The van der Waals surface area contributed by atoms with Crippen LogP contribution in [0.4, 0.5) is 0 Å². The lowest BCUT2D eigenvalue weighted by atomic mass is 10.0. The number of hydrogen-bond donors (Lipinski definition) is 0. The van der Waals surface area contributed by atoms with Crippen LogP contribution in [0.5, 0.6) is 0 Å². The molecule has 0 bridgehead atoms. The first kappa shape index (κ1) is 28.1. The number of rotatable bonds is 25. The van der Waals surface area contributed by atoms with Gasteiger partial charge < -0.3 is 0 Å². The van der Waals surface area contributed by atoms with Crippen molar-refractivity contribution in [1.29, 1.82) is 0 Å². The summed E-state index contributed by atoms with van der Waals surface area (Å²) in [5.41, 5.74) is 0. The van der Waals surface area contributed by atoms with Crippen LogP contribution in [0.25, 0.3) is 0 Å². The van der Waals surface area contributed by atoms with E-state index in [0.29, 0.717) is 0 Å². The van der Waals surface area contributed by atoms with Crippen LogP contribution in [0, 0.1) is 0 Å². The fraction of sp³-hybridized carbons (Fsp3) is 0.926. The van der Waals surface area contributed by atoms with Gasteiger partial charge in [-0.15, -0.1) is 6.58 Å². The molecule has 0 heterocycles. The summed E-state index contributed by atoms with van der Waals surface area (Å²) in [7, 11) is 0. The molecule has 0 aliphatic rings. The molecule has 0 unspecified atom stereocenters. The Morgan fingerprint density at radius 2 is 0.750 bits per heavy atom. The summed E-state index contributed by atoms with van der Waals surface area (Å²) in [4.78, 5) is 0. The standard InChI is InChI=1S/C27H54S/c1-3-5-6-7-8-9-10-11-12-13-14-15-16-17-18-19-20-21-22-23-24-25-27-28-26-4-2/h4H,2-3,5-27H2,1H3. The lowest BCUT2D eigenvalue weighted by Gasteiger charge is -2.04. The van der Waals surface area contributed by atoms with E-state index in [1.165, 1.54) is 147 Å². The van der Waals surface area contributed by atoms with E-state index in [4.69, 9.17) is 0 Å². The Morgan fingerprint density at radius 1 is 0.464 bits per heavy atom. The molecule has 0 aromatic carbocycles. The smallest absolute Gasteiger partial charge is 0.0110 e. The van der Waals surface area contributed by atoms with Crippen molar-refractivity contribution in [3.8, 4) is 0 Å². The van der Waals surface area contributed by atoms with Crippen LogP contribution < -0.4 is 0 Å². The van der Waals surface area contributed by atoms with Crippen LogP contribution in [0.15, 0.2) is 12.7 Å². The molecule has 0 amide bonds. The van der Waals surface area contributed by atoms with Gasteiger partial charge in [0, 0.05) is 5.75 Å². The molecule has 0 aromatic rings. The summed E-state index contributed by atoms with van der Waals surface area (Å²) in [5, 5.41) is 0. The van der Waals surface area contributed by atoms with E-state index in [1.807, 2.05) is 17.8 Å². The van der Waals surface area contributed by atoms with Crippen LogP contribution in [0.1, 0.15) is 148 Å². The van der Waals surface area contributed by atoms with E-state index in [-0.39, 0.29) is 0 Å². The summed E-state index contributed by atoms with van der Waals surface area (Å²) in [6, 6.07) is 0. The van der Waals surface area contributed by atoms with Gasteiger partial charge in [0.25, 0.3) is 0 Å². The third kappa shape index (κ3) is 26.1. The van der Waals surface area contributed by atoms with E-state index in [2.05, 4.69) is 13.5 Å². The molecule has 0 saturated carbocycles. The Kier molecular flexibility index (Phi) is 27.2. The first-order chi connectivity index (χ1) is 13.9. The molecule has 0 atom stereocenters. The second kappa shape index (κ2) is 27.1. The molecule has 0 spiro atoms. The van der Waals surface area contributed by atoms with Crippen molar-refractivity contribution in [2.24, 2.45) is 0 Å². The van der Waals surface area contributed by atoms with Crippen molar-refractivity contribution in [3.63, 3.8) is 0 Å². The van der Waals surface area contributed by atoms with Crippen molar-refractivity contribution < 1.29 is 0 Å². The highest BCUT2D eigenvalue weighted by atomic mass is 32.2. The third-order valence-corrected chi connectivity index (χ3v) is 6.93. The van der Waals surface area contributed by atoms with Gasteiger partial charge in [-0.3, -0.25) is 0 Å². The monoisotopic (exact) mass is 410 g/mol. The summed E-state index contributed by atoms with van der Waals surface area (Å²) in [6.07, 6.45) is 34.3. The SMILES string of the molecule is C=CCSCCCCCCCCCCCCCCCCCCCCCCCC. The molecular weight excluding hydrogens is 356 g/mol. The molecule has 28 heavy (non-hydrogen) atoms. The highest BCUT2D eigenvalue weighted by Crippen LogP contribution is 2.15. The maximum Gasteiger partial charge on any atom is 0.0110 e. The average molecular weight is 411 g/mol. The number of thioether (sulfide) groups is 1. The molecule has 0 saturated heterocycles. The molecule has 0 fully saturated rings. The van der Waals surface area contributed by atoms with Gasteiger partial charge in [0.15, 0.2) is 0 Å². The molecule has 0 nitrogen and oxygen atoms in total. The molecule has 0 N–H and O–H groups in total. The van der Waals surface area contributed by atoms with E-state index in [9.17, 15) is 0 Å². The highest BCUT2D eigenvalue weighted by Gasteiger charge is 1.96. The Bertz CT molecular complexity index is 273. The van der Waals surface area contributed by atoms with Gasteiger partial charge in [0.1, 0.15) is 0 Å². The third-order valence-electron chi connectivity index (χ3n) is 5.88. The molecular formula is C27H54S. The zero-order valence-electron chi connectivity index (χ0n) is 19.7. The summed E-state index contributed by atoms with van der Waals surface area (Å²) in [5.74, 6) is 2.45. The predicted octanol–water partition coefficient (Wildman–Crippen LogP) is 10.5. The minimum atomic E-state index is 1.12. The fourth-order valence-corrected chi connectivity index (χ4v) is 4.72. The lowest BCUT2D eigenvalue weighted by molar-refractivity contribution is 0.520. The summed E-state index contributed by atoms with van der Waals surface area (Å²) in [6.45, 7) is 6.07. The van der Waals surface area contributed by atoms with Crippen LogP contribution in [-0.4, -0.2) is 11.5 Å². The van der Waals surface area contributed by atoms with Gasteiger partial charge in [0.2, 0.25) is 0 Å². The molecule has 0 rings (SSSR count). The first-order valence-electron chi connectivity index (χ1n) is 13.1. The molecule has 0 aliphatic heterocycles. The van der Waals surface area contributed by atoms with Gasteiger partial charge in [-0.1, -0.05) is 148 Å². The predicted molar refractivity (Wildman–Crippen MR) is 135 cm³/mol. The maximum absolute atomic E-state index is 3.77. The summed E-state index contributed by atoms with van der Waals surface area (Å²) >= 11 is 2.03. The van der Waals surface area contributed by atoms with Gasteiger partial charge in [-0.2, -0.15) is 11.8 Å². The minimum absolute atomic E-state index is 1.12. The van der Waals surface area contributed by atoms with Crippen molar-refractivity contribution >= 4 is 11.8 Å². The zero-order chi connectivity index (χ0) is 20.4. The number of hydrogen-bond acceptors (Lipinski definition) is 1. The zero-order valence-corrected chi connectivity index (χ0v) is 20.5. The molecule has 1 heteroatoms. The van der Waals surface area contributed by atoms with Gasteiger partial charge in [-0.05, 0) is 12.2 Å². The van der Waals surface area contributed by atoms with Gasteiger partial charge in [0.05, 0.1) is 0 Å². The van der Waals surface area contributed by atoms with Crippen LogP contribution in [-0.2, 0) is 0 Å². The molecule has 0 radical (unpaired) electrons. The maximum atomic E-state index is 3.77. The largest absolute Gasteiger partial charge is 0.158 e. The van der Waals surface area contributed by atoms with Gasteiger partial charge in [-0.25, -0.2) is 0 Å². The Hall–Kier alpha value is 0.0900. The van der Waals surface area contributed by atoms with Crippen LogP contribution >= 0.6 is 11.8 Å². The highest BCUT2D eigenvalue weighted by molar-refractivity contribution is 7.99. The Labute approximate surface area is 184 Å². The topological polar surface area (TPSA) is 0 Å². The fourth-order valence-electron chi connectivity index (χ4n) is 3.98. The van der Waals surface area contributed by atoms with E-state index in [0.717, 1.165) is 5.75 Å². The normalized spacial score (nSPS) is 11.2. The van der Waals surface area contributed by atoms with E-state index >= 15 is 0 Å². The van der Waals surface area contributed by atoms with Gasteiger partial charge >= 0.3 is 0 Å². The van der Waals surface area contributed by atoms with Crippen LogP contribution in [0.3, 0.4) is 0 Å². The molecule has 0 aliphatic carbocycles. The first-order valence-corrected chi connectivity index (χ1v) is 14.3. The number of unbranched alkanes of at least 4 members (excludes halogenated alkanes) is 21.